The summed E-state index contributed by atoms with van der Waals surface area (Å²) in [5.41, 5.74) is 9.06. The predicted molar refractivity (Wildman–Crippen MR) is 116 cm³/mol. The summed E-state index contributed by atoms with van der Waals surface area (Å²) >= 11 is 7.42. The second-order valence-corrected chi connectivity index (χ2v) is 9.39. The number of aryl methyl sites for hydroxylation is 1. The number of fused-ring (bicyclic) bond motifs is 3. The number of benzene rings is 2. The zero-order chi connectivity index (χ0) is 21.9. The molecule has 1 heterocycles. The Balaban J connectivity index is 1.73. The molecular weight excluding hydrogens is 437 g/mol. The van der Waals surface area contributed by atoms with Crippen LogP contribution in [0.15, 0.2) is 48.0 Å². The van der Waals surface area contributed by atoms with Gasteiger partial charge in [-0.3, -0.25) is 9.59 Å². The van der Waals surface area contributed by atoms with E-state index in [9.17, 15) is 14.0 Å². The second-order valence-electron chi connectivity index (χ2n) is 8.10. The Morgan fingerprint density at radius 3 is 2.71 bits per heavy atom. The number of carbonyl (C=O) groups excluding carboxylic acids is 2. The molecule has 1 saturated carbocycles. The first kappa shape index (κ1) is 20.2. The minimum Gasteiger partial charge on any atom is -0.368 e. The zero-order valence-corrected chi connectivity index (χ0v) is 18.2. The Hall–Kier alpha value is -2.77. The molecule has 1 fully saturated rings. The van der Waals surface area contributed by atoms with E-state index in [0.29, 0.717) is 40.1 Å². The number of halogens is 2. The van der Waals surface area contributed by atoms with Crippen molar-refractivity contribution in [1.29, 1.82) is 0 Å². The lowest BCUT2D eigenvalue weighted by atomic mass is 9.95. The van der Waals surface area contributed by atoms with Crippen molar-refractivity contribution in [2.24, 2.45) is 11.7 Å². The van der Waals surface area contributed by atoms with Crippen LogP contribution in [0.4, 0.5) is 4.39 Å². The molecule has 1 aromatic heterocycles. The molecule has 3 aromatic rings. The minimum absolute atomic E-state index is 0.00166. The molecule has 31 heavy (non-hydrogen) atoms. The van der Waals surface area contributed by atoms with E-state index in [0.717, 1.165) is 0 Å². The van der Waals surface area contributed by atoms with E-state index in [4.69, 9.17) is 17.3 Å². The lowest BCUT2D eigenvalue weighted by Gasteiger charge is -2.37. The lowest BCUT2D eigenvalue weighted by molar-refractivity contribution is -0.124. The van der Waals surface area contributed by atoms with Gasteiger partial charge in [-0.2, -0.15) is 0 Å². The maximum Gasteiger partial charge on any atom is 0.267 e. The van der Waals surface area contributed by atoms with Gasteiger partial charge in [-0.05, 0) is 54.5 Å². The highest BCUT2D eigenvalue weighted by Gasteiger charge is 2.67. The van der Waals surface area contributed by atoms with Gasteiger partial charge in [-0.25, -0.2) is 9.37 Å². The van der Waals surface area contributed by atoms with Crippen LogP contribution < -0.4 is 5.73 Å². The van der Waals surface area contributed by atoms with Crippen LogP contribution in [0, 0.1) is 18.7 Å². The fourth-order valence-electron chi connectivity index (χ4n) is 4.98. The molecular formula is C23H19ClFN3O2S. The fraction of sp³-hybridized carbons (Fsp3) is 0.261. The summed E-state index contributed by atoms with van der Waals surface area (Å²) in [6, 6.07) is 11.0. The normalized spacial score (nSPS) is 21.8. The summed E-state index contributed by atoms with van der Waals surface area (Å²) in [4.78, 5) is 32.9. The molecule has 5 nitrogen and oxygen atoms in total. The summed E-state index contributed by atoms with van der Waals surface area (Å²) < 4.78 is 14.7. The standard InChI is InChI=1S/C23H19ClFN3O2S/c1-12-20(31-11-27-12)22(30)28(19(21(26)29)13-5-3-2-4-6-13)23-10-14(23)7-16-17(23)8-15(24)9-18(16)25/h2-6,8-9,11,14,19H,7,10H2,1H3,(H2,26,29)/t14-,19-,23?/m0/s1. The lowest BCUT2D eigenvalue weighted by Crippen LogP contribution is -2.48. The second kappa shape index (κ2) is 7.14. The fourth-order valence-corrected chi connectivity index (χ4v) is 5.92. The third-order valence-corrected chi connectivity index (χ3v) is 7.52. The van der Waals surface area contributed by atoms with Crippen molar-refractivity contribution in [3.05, 3.63) is 86.1 Å². The Kier molecular flexibility index (Phi) is 4.64. The quantitative estimate of drug-likeness (QED) is 0.620. The highest BCUT2D eigenvalue weighted by atomic mass is 35.5. The van der Waals surface area contributed by atoms with E-state index in [1.54, 1.807) is 47.7 Å². The van der Waals surface area contributed by atoms with Crippen LogP contribution in [0.1, 0.15) is 44.5 Å². The Morgan fingerprint density at radius 2 is 2.06 bits per heavy atom. The maximum atomic E-state index is 14.7. The van der Waals surface area contributed by atoms with Crippen LogP contribution in [-0.2, 0) is 16.8 Å². The highest BCUT2D eigenvalue weighted by molar-refractivity contribution is 7.11. The minimum atomic E-state index is -1.01. The number of nitrogens with two attached hydrogens (primary N) is 1. The molecule has 5 rings (SSSR count). The van der Waals surface area contributed by atoms with Crippen molar-refractivity contribution < 1.29 is 14.0 Å². The van der Waals surface area contributed by atoms with Crippen LogP contribution in [0.25, 0.3) is 0 Å². The van der Waals surface area contributed by atoms with Crippen molar-refractivity contribution in [1.82, 2.24) is 9.88 Å². The number of thiazole rings is 1. The van der Waals surface area contributed by atoms with Crippen LogP contribution >= 0.6 is 22.9 Å². The van der Waals surface area contributed by atoms with Crippen LogP contribution in [-0.4, -0.2) is 21.7 Å². The molecule has 2 aliphatic rings. The Morgan fingerprint density at radius 1 is 1.32 bits per heavy atom. The smallest absolute Gasteiger partial charge is 0.267 e. The summed E-state index contributed by atoms with van der Waals surface area (Å²) in [5, 5.41) is 0.264. The average Bonchev–Trinajstić information content (AvgIpc) is 3.12. The summed E-state index contributed by atoms with van der Waals surface area (Å²) in [6.07, 6.45) is 1.12. The van der Waals surface area contributed by atoms with E-state index in [1.807, 2.05) is 6.07 Å². The van der Waals surface area contributed by atoms with Crippen molar-refractivity contribution in [3.8, 4) is 0 Å². The largest absolute Gasteiger partial charge is 0.368 e. The molecule has 0 radical (unpaired) electrons. The summed E-state index contributed by atoms with van der Waals surface area (Å²) in [6.45, 7) is 1.75. The van der Waals surface area contributed by atoms with Gasteiger partial charge in [0, 0.05) is 5.02 Å². The third-order valence-electron chi connectivity index (χ3n) is 6.38. The van der Waals surface area contributed by atoms with Crippen molar-refractivity contribution in [2.45, 2.75) is 31.3 Å². The summed E-state index contributed by atoms with van der Waals surface area (Å²) in [5.74, 6) is -1.36. The molecule has 158 valence electrons. The van der Waals surface area contributed by atoms with Gasteiger partial charge in [-0.1, -0.05) is 41.9 Å². The topological polar surface area (TPSA) is 76.3 Å². The molecule has 8 heteroatoms. The molecule has 2 N–H and O–H groups in total. The molecule has 3 atom stereocenters. The van der Waals surface area contributed by atoms with Crippen LogP contribution in [0.3, 0.4) is 0 Å². The van der Waals surface area contributed by atoms with E-state index in [1.165, 1.54) is 17.4 Å². The average molecular weight is 456 g/mol. The van der Waals surface area contributed by atoms with Crippen LogP contribution in [0.2, 0.25) is 5.02 Å². The monoisotopic (exact) mass is 455 g/mol. The molecule has 2 amide bonds. The van der Waals surface area contributed by atoms with E-state index in [2.05, 4.69) is 4.98 Å². The molecule has 2 aromatic carbocycles. The number of hydrogen-bond acceptors (Lipinski definition) is 4. The highest BCUT2D eigenvalue weighted by Crippen LogP contribution is 2.66. The van der Waals surface area contributed by atoms with Gasteiger partial charge in [0.15, 0.2) is 0 Å². The van der Waals surface area contributed by atoms with Gasteiger partial charge < -0.3 is 10.6 Å². The van der Waals surface area contributed by atoms with Crippen molar-refractivity contribution >= 4 is 34.8 Å². The van der Waals surface area contributed by atoms with Gasteiger partial charge in [-0.15, -0.1) is 11.3 Å². The zero-order valence-electron chi connectivity index (χ0n) is 16.6. The molecule has 2 aliphatic carbocycles. The summed E-state index contributed by atoms with van der Waals surface area (Å²) in [7, 11) is 0. The van der Waals surface area contributed by atoms with Gasteiger partial charge in [0.2, 0.25) is 5.91 Å². The van der Waals surface area contributed by atoms with Gasteiger partial charge >= 0.3 is 0 Å². The van der Waals surface area contributed by atoms with Gasteiger partial charge in [0.05, 0.1) is 16.7 Å². The molecule has 0 aliphatic heterocycles. The van der Waals surface area contributed by atoms with Crippen molar-refractivity contribution in [2.75, 3.05) is 0 Å². The maximum absolute atomic E-state index is 14.7. The Labute approximate surface area is 187 Å². The molecule has 0 bridgehead atoms. The number of aromatic nitrogens is 1. The third kappa shape index (κ3) is 2.98. The Bertz CT molecular complexity index is 1210. The van der Waals surface area contributed by atoms with Gasteiger partial charge in [0.25, 0.3) is 5.91 Å². The van der Waals surface area contributed by atoms with E-state index < -0.39 is 17.5 Å². The molecule has 0 spiro atoms. The number of rotatable bonds is 5. The van der Waals surface area contributed by atoms with E-state index in [-0.39, 0.29) is 22.7 Å². The molecule has 1 unspecified atom stereocenters. The van der Waals surface area contributed by atoms with E-state index >= 15 is 0 Å². The van der Waals surface area contributed by atoms with Crippen molar-refractivity contribution in [3.63, 3.8) is 0 Å². The number of hydrogen-bond donors (Lipinski definition) is 1. The predicted octanol–water partition coefficient (Wildman–Crippen LogP) is 4.38. The number of carbonyl (C=O) groups is 2. The number of nitrogens with zero attached hydrogens (tertiary/aromatic N) is 2. The first-order valence-corrected chi connectivity index (χ1v) is 11.2. The van der Waals surface area contributed by atoms with Crippen LogP contribution in [0.5, 0.6) is 0 Å². The first-order chi connectivity index (χ1) is 14.8. The SMILES string of the molecule is Cc1ncsc1C(=O)N([C@H](C(N)=O)c1ccccc1)C12C[C@@H]1Cc1c(F)cc(Cl)cc12. The van der Waals surface area contributed by atoms with Gasteiger partial charge in [0.1, 0.15) is 16.7 Å². The molecule has 0 saturated heterocycles. The first-order valence-electron chi connectivity index (χ1n) is 9.91. The number of amides is 2. The number of primary amides is 1.